The van der Waals surface area contributed by atoms with Crippen LogP contribution in [0.25, 0.3) is 11.1 Å². The van der Waals surface area contributed by atoms with Crippen molar-refractivity contribution in [2.24, 2.45) is 0 Å². The van der Waals surface area contributed by atoms with Crippen LogP contribution in [0.1, 0.15) is 21.4 Å². The van der Waals surface area contributed by atoms with Crippen molar-refractivity contribution in [3.63, 3.8) is 0 Å². The molecule has 0 nitrogen and oxygen atoms in total. The monoisotopic (exact) mass is 774 g/mol. The number of halogens is 2. The quantitative estimate of drug-likeness (QED) is 0.0907. The van der Waals surface area contributed by atoms with E-state index in [0.717, 1.165) is 22.3 Å². The summed E-state index contributed by atoms with van der Waals surface area (Å²) >= 11 is 15.7. The van der Waals surface area contributed by atoms with Crippen LogP contribution in [-0.2, 0) is 0 Å². The summed E-state index contributed by atoms with van der Waals surface area (Å²) in [6.45, 7) is 0. The Balaban J connectivity index is 1.17. The molecule has 0 saturated heterocycles. The molecule has 0 saturated carbocycles. The van der Waals surface area contributed by atoms with Gasteiger partial charge in [0.1, 0.15) is 0 Å². The molecule has 8 aromatic carbocycles. The summed E-state index contributed by atoms with van der Waals surface area (Å²) in [5.41, 5.74) is 4.52. The normalized spacial score (nSPS) is 13.4. The second-order valence-electron chi connectivity index (χ2n) is 13.8. The van der Waals surface area contributed by atoms with Crippen LogP contribution in [0.3, 0.4) is 0 Å². The van der Waals surface area contributed by atoms with E-state index in [1.54, 1.807) is 0 Å². The van der Waals surface area contributed by atoms with Gasteiger partial charge in [0, 0.05) is 0 Å². The fourth-order valence-corrected chi connectivity index (χ4v) is 20.3. The Labute approximate surface area is 330 Å². The zero-order valence-electron chi connectivity index (χ0n) is 29.8. The van der Waals surface area contributed by atoms with Crippen molar-refractivity contribution in [3.05, 3.63) is 242 Å². The van der Waals surface area contributed by atoms with Gasteiger partial charge in [-0.2, -0.15) is 0 Å². The molecule has 54 heavy (non-hydrogen) atoms. The molecular formula is C50H42Cl2P2. The average molecular weight is 776 g/mol. The van der Waals surface area contributed by atoms with E-state index in [2.05, 4.69) is 231 Å². The summed E-state index contributed by atoms with van der Waals surface area (Å²) in [5.74, 6) is 0. The average Bonchev–Trinajstić information content (AvgIpc) is 3.26. The molecule has 0 aliphatic rings. The summed E-state index contributed by atoms with van der Waals surface area (Å²) in [7, 11) is -5.46. The molecule has 0 aromatic heterocycles. The van der Waals surface area contributed by atoms with Crippen LogP contribution >= 0.6 is 37.7 Å². The van der Waals surface area contributed by atoms with E-state index in [1.165, 1.54) is 31.8 Å². The number of hydrogen-bond acceptors (Lipinski definition) is 0. The van der Waals surface area contributed by atoms with Gasteiger partial charge in [0.2, 0.25) is 0 Å². The number of rotatable bonds is 11. The van der Waals surface area contributed by atoms with Gasteiger partial charge in [-0.25, -0.2) is 0 Å². The number of alkyl halides is 2. The SMILES string of the molecule is ClC(c1ccc(-c2ccc(C(Cl)[PH](c3ccccc3)(c3ccccc3)c3ccccc3)cc2)cc1)[PH](c1ccccc1)(c1ccccc1)c1ccccc1. The summed E-state index contributed by atoms with van der Waals surface area (Å²) in [4.78, 5) is 0. The zero-order valence-corrected chi connectivity index (χ0v) is 33.4. The van der Waals surface area contributed by atoms with Gasteiger partial charge in [0.05, 0.1) is 0 Å². The standard InChI is InChI=1S/C50H42Cl2P2/c51-49(53(43-19-7-1-8-20-43,44-21-9-2-10-22-44)45-23-11-3-12-24-45)41-35-31-39(32-36-41)40-33-37-42(38-34-40)50(52)54(46-25-13-4-14-26-46,47-27-15-5-16-28-47)48-29-17-6-18-30-48/h1-38,49-50,53-54H. The van der Waals surface area contributed by atoms with Gasteiger partial charge in [-0.3, -0.25) is 0 Å². The van der Waals surface area contributed by atoms with Gasteiger partial charge in [0.15, 0.2) is 0 Å². The van der Waals surface area contributed by atoms with Crippen LogP contribution in [0.5, 0.6) is 0 Å². The summed E-state index contributed by atoms with van der Waals surface area (Å²) in [6.07, 6.45) is 0. The third-order valence-corrected chi connectivity index (χ3v) is 23.0. The summed E-state index contributed by atoms with van der Waals surface area (Å²) < 4.78 is 0. The predicted molar refractivity (Wildman–Crippen MR) is 242 cm³/mol. The maximum absolute atomic E-state index is 7.83. The molecule has 0 aliphatic carbocycles. The van der Waals surface area contributed by atoms with E-state index in [-0.39, 0.29) is 10.2 Å². The zero-order chi connectivity index (χ0) is 36.8. The Morgan fingerprint density at radius 1 is 0.241 bits per heavy atom. The van der Waals surface area contributed by atoms with Crippen molar-refractivity contribution in [3.8, 4) is 11.1 Å². The molecule has 8 rings (SSSR count). The Kier molecular flexibility index (Phi) is 10.9. The topological polar surface area (TPSA) is 0 Å². The van der Waals surface area contributed by atoms with Crippen LogP contribution in [0.4, 0.5) is 0 Å². The first-order valence-electron chi connectivity index (χ1n) is 18.4. The van der Waals surface area contributed by atoms with Crippen molar-refractivity contribution in [1.82, 2.24) is 0 Å². The molecule has 0 radical (unpaired) electrons. The van der Waals surface area contributed by atoms with Crippen LogP contribution < -0.4 is 31.8 Å². The minimum atomic E-state index is -2.73. The summed E-state index contributed by atoms with van der Waals surface area (Å²) in [5, 5.41) is 7.25. The second-order valence-corrected chi connectivity index (χ2v) is 23.2. The van der Waals surface area contributed by atoms with Gasteiger partial charge in [-0.05, 0) is 0 Å². The van der Waals surface area contributed by atoms with Crippen molar-refractivity contribution < 1.29 is 0 Å². The van der Waals surface area contributed by atoms with Crippen LogP contribution in [0.15, 0.2) is 231 Å². The maximum atomic E-state index is 7.83. The van der Waals surface area contributed by atoms with E-state index in [9.17, 15) is 0 Å². The minimum absolute atomic E-state index is 0.245. The molecule has 0 bridgehead atoms. The van der Waals surface area contributed by atoms with E-state index in [1.807, 2.05) is 0 Å². The van der Waals surface area contributed by atoms with E-state index in [0.29, 0.717) is 0 Å². The van der Waals surface area contributed by atoms with Crippen LogP contribution in [0.2, 0.25) is 0 Å². The Morgan fingerprint density at radius 2 is 0.426 bits per heavy atom. The van der Waals surface area contributed by atoms with Gasteiger partial charge in [-0.15, -0.1) is 0 Å². The molecule has 0 N–H and O–H groups in total. The Bertz CT molecular complexity index is 2000. The Hall–Kier alpha value is -4.80. The molecule has 0 spiro atoms. The molecular weight excluding hydrogens is 733 g/mol. The fraction of sp³-hybridized carbons (Fsp3) is 0.0400. The van der Waals surface area contributed by atoms with Gasteiger partial charge < -0.3 is 0 Å². The first-order valence-corrected chi connectivity index (χ1v) is 23.5. The molecule has 266 valence electrons. The van der Waals surface area contributed by atoms with Crippen LogP contribution in [-0.4, -0.2) is 0 Å². The van der Waals surface area contributed by atoms with Crippen molar-refractivity contribution >= 4 is 69.6 Å². The van der Waals surface area contributed by atoms with Gasteiger partial charge in [0.25, 0.3) is 0 Å². The molecule has 4 heteroatoms. The molecule has 0 aliphatic heterocycles. The van der Waals surface area contributed by atoms with Crippen molar-refractivity contribution in [1.29, 1.82) is 0 Å². The first kappa shape index (κ1) is 36.2. The molecule has 2 unspecified atom stereocenters. The second kappa shape index (κ2) is 16.3. The molecule has 0 heterocycles. The van der Waals surface area contributed by atoms with E-state index in [4.69, 9.17) is 23.2 Å². The van der Waals surface area contributed by atoms with Gasteiger partial charge >= 0.3 is 333 Å². The molecule has 0 fully saturated rings. The van der Waals surface area contributed by atoms with E-state index >= 15 is 0 Å². The van der Waals surface area contributed by atoms with Crippen LogP contribution in [0, 0.1) is 0 Å². The first-order chi connectivity index (χ1) is 26.6. The molecule has 2 atom stereocenters. The number of hydrogen-bond donors (Lipinski definition) is 0. The van der Waals surface area contributed by atoms with Crippen molar-refractivity contribution in [2.45, 2.75) is 10.2 Å². The third kappa shape index (κ3) is 6.64. The molecule has 8 aromatic rings. The Morgan fingerprint density at radius 3 is 0.611 bits per heavy atom. The third-order valence-electron chi connectivity index (χ3n) is 10.9. The van der Waals surface area contributed by atoms with E-state index < -0.39 is 14.5 Å². The van der Waals surface area contributed by atoms with Gasteiger partial charge in [-0.1, -0.05) is 0 Å². The predicted octanol–water partition coefficient (Wildman–Crippen LogP) is 11.3. The summed E-state index contributed by atoms with van der Waals surface area (Å²) in [6, 6.07) is 83.0. The fourth-order valence-electron chi connectivity index (χ4n) is 8.27. The number of benzene rings is 8. The van der Waals surface area contributed by atoms with Crippen molar-refractivity contribution in [2.75, 3.05) is 0 Å². The molecule has 0 amide bonds.